The lowest BCUT2D eigenvalue weighted by atomic mass is 9.88. The number of aromatic nitrogens is 1. The van der Waals surface area contributed by atoms with E-state index >= 15 is 0 Å². The van der Waals surface area contributed by atoms with Crippen LogP contribution in [0.15, 0.2) is 42.3 Å². The standard InChI is InChI=1S/C19H25N/c1-2-3-4-8-16-13-19(10-5-6-11-19)14-18(16)17-9-7-12-20-15-17/h7,9,12-15H,2-6,8,10-11H2,1H3. The predicted molar refractivity (Wildman–Crippen MR) is 85.3 cm³/mol. The summed E-state index contributed by atoms with van der Waals surface area (Å²) >= 11 is 0. The van der Waals surface area contributed by atoms with Crippen molar-refractivity contribution in [2.24, 2.45) is 5.41 Å². The molecule has 1 spiro atoms. The molecule has 3 rings (SSSR count). The first-order valence-electron chi connectivity index (χ1n) is 8.18. The monoisotopic (exact) mass is 267 g/mol. The Labute approximate surface area is 122 Å². The van der Waals surface area contributed by atoms with E-state index in [0.717, 1.165) is 0 Å². The Morgan fingerprint density at radius 1 is 1.15 bits per heavy atom. The second kappa shape index (κ2) is 5.95. The molecular weight excluding hydrogens is 242 g/mol. The first kappa shape index (κ1) is 13.6. The second-order valence-corrected chi connectivity index (χ2v) is 6.37. The highest BCUT2D eigenvalue weighted by Gasteiger charge is 2.35. The summed E-state index contributed by atoms with van der Waals surface area (Å²) in [6, 6.07) is 4.26. The van der Waals surface area contributed by atoms with Crippen LogP contribution >= 0.6 is 0 Å². The molecular formula is C19H25N. The fraction of sp³-hybridized carbons (Fsp3) is 0.526. The Morgan fingerprint density at radius 3 is 2.70 bits per heavy atom. The zero-order valence-corrected chi connectivity index (χ0v) is 12.6. The molecule has 0 aliphatic heterocycles. The quantitative estimate of drug-likeness (QED) is 0.638. The number of hydrogen-bond donors (Lipinski definition) is 0. The minimum Gasteiger partial charge on any atom is -0.264 e. The van der Waals surface area contributed by atoms with Gasteiger partial charge in [0.1, 0.15) is 0 Å². The van der Waals surface area contributed by atoms with E-state index in [9.17, 15) is 0 Å². The molecule has 1 aromatic rings. The van der Waals surface area contributed by atoms with Gasteiger partial charge in [-0.3, -0.25) is 4.98 Å². The summed E-state index contributed by atoms with van der Waals surface area (Å²) in [5, 5.41) is 0. The van der Waals surface area contributed by atoms with E-state index in [2.05, 4.69) is 36.2 Å². The van der Waals surface area contributed by atoms with Gasteiger partial charge in [-0.25, -0.2) is 0 Å². The highest BCUT2D eigenvalue weighted by molar-refractivity contribution is 5.82. The van der Waals surface area contributed by atoms with Crippen LogP contribution in [0.3, 0.4) is 0 Å². The Kier molecular flexibility index (Phi) is 4.05. The minimum absolute atomic E-state index is 0.382. The van der Waals surface area contributed by atoms with Gasteiger partial charge >= 0.3 is 0 Å². The van der Waals surface area contributed by atoms with Crippen LogP contribution in [0.1, 0.15) is 63.9 Å². The van der Waals surface area contributed by atoms with Crippen LogP contribution in [0.4, 0.5) is 0 Å². The fourth-order valence-electron chi connectivity index (χ4n) is 3.73. The van der Waals surface area contributed by atoms with E-state index in [-0.39, 0.29) is 0 Å². The minimum atomic E-state index is 0.382. The summed E-state index contributed by atoms with van der Waals surface area (Å²) in [5.41, 5.74) is 4.73. The molecule has 0 saturated heterocycles. The second-order valence-electron chi connectivity index (χ2n) is 6.37. The van der Waals surface area contributed by atoms with Gasteiger partial charge in [-0.1, -0.05) is 50.8 Å². The van der Waals surface area contributed by atoms with Gasteiger partial charge in [0.15, 0.2) is 0 Å². The van der Waals surface area contributed by atoms with Crippen LogP contribution in [-0.2, 0) is 0 Å². The van der Waals surface area contributed by atoms with Crippen LogP contribution in [0.2, 0.25) is 0 Å². The normalized spacial score (nSPS) is 20.2. The highest BCUT2D eigenvalue weighted by atomic mass is 14.6. The molecule has 0 radical (unpaired) electrons. The number of pyridine rings is 1. The molecule has 106 valence electrons. The lowest BCUT2D eigenvalue weighted by molar-refractivity contribution is 0.520. The summed E-state index contributed by atoms with van der Waals surface area (Å²) in [6.45, 7) is 2.28. The van der Waals surface area contributed by atoms with Gasteiger partial charge in [0, 0.05) is 17.8 Å². The van der Waals surface area contributed by atoms with Crippen LogP contribution in [0.25, 0.3) is 5.57 Å². The van der Waals surface area contributed by atoms with Gasteiger partial charge in [-0.2, -0.15) is 0 Å². The zero-order chi connectivity index (χ0) is 13.8. The average molecular weight is 267 g/mol. The van der Waals surface area contributed by atoms with Gasteiger partial charge in [0.2, 0.25) is 0 Å². The number of unbranched alkanes of at least 4 members (excludes halogenated alkanes) is 2. The zero-order valence-electron chi connectivity index (χ0n) is 12.6. The number of rotatable bonds is 5. The molecule has 0 atom stereocenters. The molecule has 0 aromatic carbocycles. The fourth-order valence-corrected chi connectivity index (χ4v) is 3.73. The van der Waals surface area contributed by atoms with E-state index in [1.165, 1.54) is 62.5 Å². The van der Waals surface area contributed by atoms with E-state index in [4.69, 9.17) is 0 Å². The molecule has 1 heterocycles. The third-order valence-corrected chi connectivity index (χ3v) is 4.80. The summed E-state index contributed by atoms with van der Waals surface area (Å²) < 4.78 is 0. The van der Waals surface area contributed by atoms with E-state index in [0.29, 0.717) is 5.41 Å². The smallest absolute Gasteiger partial charge is 0.0346 e. The molecule has 2 aliphatic rings. The van der Waals surface area contributed by atoms with Crippen molar-refractivity contribution in [1.82, 2.24) is 4.98 Å². The third-order valence-electron chi connectivity index (χ3n) is 4.80. The van der Waals surface area contributed by atoms with E-state index < -0.39 is 0 Å². The maximum absolute atomic E-state index is 4.31. The number of nitrogens with zero attached hydrogens (tertiary/aromatic N) is 1. The molecule has 0 bridgehead atoms. The van der Waals surface area contributed by atoms with Crippen molar-refractivity contribution in [2.45, 2.75) is 58.3 Å². The highest BCUT2D eigenvalue weighted by Crippen LogP contribution is 2.50. The molecule has 1 fully saturated rings. The van der Waals surface area contributed by atoms with E-state index in [1.54, 1.807) is 5.57 Å². The van der Waals surface area contributed by atoms with Crippen molar-refractivity contribution in [3.63, 3.8) is 0 Å². The van der Waals surface area contributed by atoms with Crippen molar-refractivity contribution >= 4 is 5.57 Å². The Morgan fingerprint density at radius 2 is 2.00 bits per heavy atom. The summed E-state index contributed by atoms with van der Waals surface area (Å²) in [4.78, 5) is 4.31. The molecule has 2 aliphatic carbocycles. The molecule has 0 amide bonds. The lowest BCUT2D eigenvalue weighted by Gasteiger charge is -2.16. The summed E-state index contributed by atoms with van der Waals surface area (Å²) in [6.07, 6.45) is 19.7. The Bertz CT molecular complexity index is 504. The van der Waals surface area contributed by atoms with E-state index in [1.807, 2.05) is 12.4 Å². The van der Waals surface area contributed by atoms with Gasteiger partial charge in [0.05, 0.1) is 0 Å². The SMILES string of the molecule is CCCCCC1=CC2(C=C1c1cccnc1)CCCC2. The lowest BCUT2D eigenvalue weighted by Crippen LogP contribution is -2.05. The van der Waals surface area contributed by atoms with Crippen LogP contribution in [-0.4, -0.2) is 4.98 Å². The van der Waals surface area contributed by atoms with Gasteiger partial charge in [0.25, 0.3) is 0 Å². The van der Waals surface area contributed by atoms with Gasteiger partial charge < -0.3 is 0 Å². The van der Waals surface area contributed by atoms with Crippen molar-refractivity contribution in [2.75, 3.05) is 0 Å². The molecule has 0 unspecified atom stereocenters. The largest absolute Gasteiger partial charge is 0.264 e. The van der Waals surface area contributed by atoms with Crippen LogP contribution in [0, 0.1) is 5.41 Å². The molecule has 1 heteroatoms. The molecule has 1 nitrogen and oxygen atoms in total. The van der Waals surface area contributed by atoms with Crippen molar-refractivity contribution < 1.29 is 0 Å². The van der Waals surface area contributed by atoms with Crippen molar-refractivity contribution in [1.29, 1.82) is 0 Å². The molecule has 20 heavy (non-hydrogen) atoms. The summed E-state index contributed by atoms with van der Waals surface area (Å²) in [7, 11) is 0. The number of hydrogen-bond acceptors (Lipinski definition) is 1. The number of allylic oxidation sites excluding steroid dienone is 4. The predicted octanol–water partition coefficient (Wildman–Crippen LogP) is 5.55. The maximum atomic E-state index is 4.31. The Balaban J connectivity index is 1.86. The van der Waals surface area contributed by atoms with Crippen LogP contribution < -0.4 is 0 Å². The molecule has 1 aromatic heterocycles. The third kappa shape index (κ3) is 2.72. The maximum Gasteiger partial charge on any atom is 0.0346 e. The topological polar surface area (TPSA) is 12.9 Å². The Hall–Kier alpha value is -1.37. The van der Waals surface area contributed by atoms with Gasteiger partial charge in [-0.15, -0.1) is 0 Å². The van der Waals surface area contributed by atoms with Gasteiger partial charge in [-0.05, 0) is 48.5 Å². The van der Waals surface area contributed by atoms with Crippen molar-refractivity contribution in [3.05, 3.63) is 47.8 Å². The first-order chi connectivity index (χ1) is 9.83. The average Bonchev–Trinajstić information content (AvgIpc) is 3.08. The van der Waals surface area contributed by atoms with Crippen molar-refractivity contribution in [3.8, 4) is 0 Å². The van der Waals surface area contributed by atoms with Crippen LogP contribution in [0.5, 0.6) is 0 Å². The molecule has 1 saturated carbocycles. The summed E-state index contributed by atoms with van der Waals surface area (Å²) in [5.74, 6) is 0. The molecule has 0 N–H and O–H groups in total. The first-order valence-corrected chi connectivity index (χ1v) is 8.18.